The van der Waals surface area contributed by atoms with Crippen LogP contribution >= 0.6 is 11.6 Å². The van der Waals surface area contributed by atoms with Crippen molar-refractivity contribution in [3.63, 3.8) is 0 Å². The van der Waals surface area contributed by atoms with E-state index in [1.165, 1.54) is 6.07 Å². The van der Waals surface area contributed by atoms with Gasteiger partial charge in [-0.2, -0.15) is 0 Å². The Morgan fingerprint density at radius 3 is 2.38 bits per heavy atom. The van der Waals surface area contributed by atoms with E-state index >= 15 is 0 Å². The number of benzene rings is 2. The maximum Gasteiger partial charge on any atom is 0.323 e. The monoisotopic (exact) mass is 307 g/mol. The molecule has 0 spiro atoms. The highest BCUT2D eigenvalue weighted by Crippen LogP contribution is 2.22. The van der Waals surface area contributed by atoms with Crippen LogP contribution in [0, 0.1) is 5.82 Å². The molecule has 0 unspecified atom stereocenters. The molecule has 0 atom stereocenters. The van der Waals surface area contributed by atoms with Gasteiger partial charge in [0.05, 0.1) is 10.6 Å². The quantitative estimate of drug-likeness (QED) is 0.943. The third kappa shape index (κ3) is 3.58. The van der Waals surface area contributed by atoms with E-state index in [0.717, 1.165) is 17.0 Å². The van der Waals surface area contributed by atoms with E-state index in [2.05, 4.69) is 0 Å². The molecule has 21 heavy (non-hydrogen) atoms. The van der Waals surface area contributed by atoms with Crippen LogP contribution in [-0.4, -0.2) is 23.5 Å². The molecule has 1 amide bonds. The Labute approximate surface area is 125 Å². The van der Waals surface area contributed by atoms with Gasteiger partial charge >= 0.3 is 5.97 Å². The van der Waals surface area contributed by atoms with Crippen molar-refractivity contribution in [2.75, 3.05) is 11.4 Å². The normalized spacial score (nSPS) is 10.2. The maximum atomic E-state index is 13.0. The lowest BCUT2D eigenvalue weighted by Gasteiger charge is -2.21. The lowest BCUT2D eigenvalue weighted by Crippen LogP contribution is -2.35. The van der Waals surface area contributed by atoms with Gasteiger partial charge in [0.25, 0.3) is 5.91 Å². The molecule has 6 heteroatoms. The van der Waals surface area contributed by atoms with E-state index < -0.39 is 24.2 Å². The molecule has 0 aliphatic rings. The Hall–Kier alpha value is -2.40. The highest BCUT2D eigenvalue weighted by atomic mass is 35.5. The average Bonchev–Trinajstić information content (AvgIpc) is 2.45. The summed E-state index contributed by atoms with van der Waals surface area (Å²) in [6.07, 6.45) is 0. The first-order valence-electron chi connectivity index (χ1n) is 6.03. The number of hydrogen-bond acceptors (Lipinski definition) is 2. The number of hydrogen-bond donors (Lipinski definition) is 1. The SMILES string of the molecule is O=C(O)CN(C(=O)c1ccc(F)cc1Cl)c1ccccc1. The molecule has 2 aromatic rings. The second kappa shape index (κ2) is 6.37. The Morgan fingerprint density at radius 2 is 1.81 bits per heavy atom. The van der Waals surface area contributed by atoms with Gasteiger partial charge in [0.1, 0.15) is 12.4 Å². The van der Waals surface area contributed by atoms with Crippen LogP contribution in [0.3, 0.4) is 0 Å². The van der Waals surface area contributed by atoms with Gasteiger partial charge in [-0.25, -0.2) is 4.39 Å². The molecule has 0 bridgehead atoms. The Kier molecular flexibility index (Phi) is 4.55. The van der Waals surface area contributed by atoms with Gasteiger partial charge in [0, 0.05) is 5.69 Å². The molecule has 2 aromatic carbocycles. The molecular formula is C15H11ClFNO3. The second-order valence-electron chi connectivity index (χ2n) is 4.24. The largest absolute Gasteiger partial charge is 0.480 e. The number of carbonyl (C=O) groups excluding carboxylic acids is 1. The number of rotatable bonds is 4. The van der Waals surface area contributed by atoms with E-state index in [9.17, 15) is 14.0 Å². The van der Waals surface area contributed by atoms with Crippen LogP contribution in [0.2, 0.25) is 5.02 Å². The fraction of sp³-hybridized carbons (Fsp3) is 0.0667. The lowest BCUT2D eigenvalue weighted by atomic mass is 10.1. The van der Waals surface area contributed by atoms with Crippen molar-refractivity contribution in [2.45, 2.75) is 0 Å². The lowest BCUT2D eigenvalue weighted by molar-refractivity contribution is -0.135. The van der Waals surface area contributed by atoms with Crippen LogP contribution in [0.5, 0.6) is 0 Å². The van der Waals surface area contributed by atoms with Gasteiger partial charge in [-0.3, -0.25) is 14.5 Å². The van der Waals surface area contributed by atoms with E-state index in [4.69, 9.17) is 16.7 Å². The van der Waals surface area contributed by atoms with Crippen molar-refractivity contribution in [1.29, 1.82) is 0 Å². The Morgan fingerprint density at radius 1 is 1.14 bits per heavy atom. The number of para-hydroxylation sites is 1. The number of carboxylic acid groups (broad SMARTS) is 1. The number of carboxylic acids is 1. The Bertz CT molecular complexity index is 676. The second-order valence-corrected chi connectivity index (χ2v) is 4.65. The standard InChI is InChI=1S/C15H11ClFNO3/c16-13-8-10(17)6-7-12(13)15(21)18(9-14(19)20)11-4-2-1-3-5-11/h1-8H,9H2,(H,19,20). The van der Waals surface area contributed by atoms with E-state index in [1.807, 2.05) is 0 Å². The zero-order chi connectivity index (χ0) is 15.4. The molecule has 0 aromatic heterocycles. The number of halogens is 2. The summed E-state index contributed by atoms with van der Waals surface area (Å²) in [7, 11) is 0. The number of nitrogens with zero attached hydrogens (tertiary/aromatic N) is 1. The highest BCUT2D eigenvalue weighted by molar-refractivity contribution is 6.34. The van der Waals surface area contributed by atoms with Gasteiger partial charge in [0.15, 0.2) is 0 Å². The van der Waals surface area contributed by atoms with Crippen LogP contribution in [0.4, 0.5) is 10.1 Å². The summed E-state index contributed by atoms with van der Waals surface area (Å²) in [4.78, 5) is 24.5. The first-order valence-corrected chi connectivity index (χ1v) is 6.40. The molecule has 4 nitrogen and oxygen atoms in total. The molecule has 108 valence electrons. The minimum atomic E-state index is -1.16. The first-order chi connectivity index (χ1) is 9.99. The summed E-state index contributed by atoms with van der Waals surface area (Å²) in [5, 5.41) is 8.90. The van der Waals surface area contributed by atoms with Crippen LogP contribution in [0.25, 0.3) is 0 Å². The number of carbonyl (C=O) groups is 2. The van der Waals surface area contributed by atoms with Crippen molar-refractivity contribution in [3.05, 3.63) is 64.9 Å². The number of anilines is 1. The minimum absolute atomic E-state index is 0.0446. The van der Waals surface area contributed by atoms with Crippen LogP contribution in [0.1, 0.15) is 10.4 Å². The summed E-state index contributed by atoms with van der Waals surface area (Å²) in [6, 6.07) is 11.7. The van der Waals surface area contributed by atoms with E-state index in [1.54, 1.807) is 30.3 Å². The molecule has 0 fully saturated rings. The molecule has 2 rings (SSSR count). The third-order valence-electron chi connectivity index (χ3n) is 2.77. The zero-order valence-corrected chi connectivity index (χ0v) is 11.5. The molecule has 1 N–H and O–H groups in total. The molecule has 0 aliphatic heterocycles. The highest BCUT2D eigenvalue weighted by Gasteiger charge is 2.22. The predicted molar refractivity (Wildman–Crippen MR) is 77.2 cm³/mol. The van der Waals surface area contributed by atoms with Gasteiger partial charge in [0.2, 0.25) is 0 Å². The molecule has 0 heterocycles. The van der Waals surface area contributed by atoms with Crippen LogP contribution in [-0.2, 0) is 4.79 Å². The van der Waals surface area contributed by atoms with Crippen molar-refractivity contribution < 1.29 is 19.1 Å². The van der Waals surface area contributed by atoms with Gasteiger partial charge < -0.3 is 5.11 Å². The van der Waals surface area contributed by atoms with Crippen LogP contribution < -0.4 is 4.90 Å². The molecule has 0 saturated heterocycles. The molecule has 0 radical (unpaired) electrons. The van der Waals surface area contributed by atoms with Crippen molar-refractivity contribution in [3.8, 4) is 0 Å². The third-order valence-corrected chi connectivity index (χ3v) is 3.08. The van der Waals surface area contributed by atoms with Crippen molar-refractivity contribution in [1.82, 2.24) is 0 Å². The molecular weight excluding hydrogens is 297 g/mol. The van der Waals surface area contributed by atoms with Crippen LogP contribution in [0.15, 0.2) is 48.5 Å². The fourth-order valence-electron chi connectivity index (χ4n) is 1.83. The smallest absolute Gasteiger partial charge is 0.323 e. The maximum absolute atomic E-state index is 13.0. The fourth-order valence-corrected chi connectivity index (χ4v) is 2.08. The Balaban J connectivity index is 2.41. The van der Waals surface area contributed by atoms with Crippen molar-refractivity contribution in [2.24, 2.45) is 0 Å². The summed E-state index contributed by atoms with van der Waals surface area (Å²) >= 11 is 5.86. The van der Waals surface area contributed by atoms with E-state index in [0.29, 0.717) is 5.69 Å². The molecule has 0 saturated carbocycles. The number of aliphatic carboxylic acids is 1. The average molecular weight is 308 g/mol. The first kappa shape index (κ1) is 15.0. The summed E-state index contributed by atoms with van der Waals surface area (Å²) in [5.74, 6) is -2.33. The zero-order valence-electron chi connectivity index (χ0n) is 10.8. The summed E-state index contributed by atoms with van der Waals surface area (Å²) in [5.41, 5.74) is 0.466. The topological polar surface area (TPSA) is 57.6 Å². The van der Waals surface area contributed by atoms with Gasteiger partial charge in [-0.15, -0.1) is 0 Å². The van der Waals surface area contributed by atoms with Crippen molar-refractivity contribution >= 4 is 29.2 Å². The van der Waals surface area contributed by atoms with Gasteiger partial charge in [-0.1, -0.05) is 29.8 Å². The van der Waals surface area contributed by atoms with Gasteiger partial charge in [-0.05, 0) is 30.3 Å². The van der Waals surface area contributed by atoms with E-state index in [-0.39, 0.29) is 10.6 Å². The molecule has 0 aliphatic carbocycles. The predicted octanol–water partition coefficient (Wildman–Crippen LogP) is 3.21. The summed E-state index contributed by atoms with van der Waals surface area (Å²) < 4.78 is 13.0. The summed E-state index contributed by atoms with van der Waals surface area (Å²) in [6.45, 7) is -0.517. The minimum Gasteiger partial charge on any atom is -0.480 e. The number of amides is 1.